The Balaban J connectivity index is 1.90. The van der Waals surface area contributed by atoms with Crippen molar-refractivity contribution in [2.24, 2.45) is 11.3 Å². The van der Waals surface area contributed by atoms with E-state index in [9.17, 15) is 0 Å². The first-order valence-electron chi connectivity index (χ1n) is 4.82. The van der Waals surface area contributed by atoms with Crippen molar-refractivity contribution in [2.45, 2.75) is 32.1 Å². The van der Waals surface area contributed by atoms with Gasteiger partial charge in [-0.05, 0) is 25.2 Å². The van der Waals surface area contributed by atoms with Gasteiger partial charge < -0.3 is 4.74 Å². The summed E-state index contributed by atoms with van der Waals surface area (Å²) in [4.78, 5) is 0. The highest BCUT2D eigenvalue weighted by molar-refractivity contribution is 4.96. The van der Waals surface area contributed by atoms with Gasteiger partial charge in [0.15, 0.2) is 0 Å². The third-order valence-electron chi connectivity index (χ3n) is 3.48. The summed E-state index contributed by atoms with van der Waals surface area (Å²) < 4.78 is 5.28. The average Bonchev–Trinajstić information content (AvgIpc) is 1.90. The van der Waals surface area contributed by atoms with Gasteiger partial charge in [-0.3, -0.25) is 0 Å². The minimum atomic E-state index is 0.425. The largest absolute Gasteiger partial charge is 0.380 e. The molecule has 2 fully saturated rings. The molecule has 0 N–H and O–H groups in total. The maximum Gasteiger partial charge on any atom is 0.0621 e. The topological polar surface area (TPSA) is 33.0 Å². The van der Waals surface area contributed by atoms with Gasteiger partial charge in [-0.25, -0.2) is 0 Å². The molecule has 0 bridgehead atoms. The third-order valence-corrected chi connectivity index (χ3v) is 3.48. The molecule has 1 aliphatic heterocycles. The fourth-order valence-corrected chi connectivity index (χ4v) is 2.27. The van der Waals surface area contributed by atoms with E-state index in [1.807, 2.05) is 0 Å². The first kappa shape index (κ1) is 8.07. The average molecular weight is 165 g/mol. The second-order valence-electron chi connectivity index (χ2n) is 4.14. The van der Waals surface area contributed by atoms with Crippen LogP contribution in [0.2, 0.25) is 0 Å². The van der Waals surface area contributed by atoms with Gasteiger partial charge in [0.1, 0.15) is 0 Å². The number of hydrogen-bond donors (Lipinski definition) is 0. The van der Waals surface area contributed by atoms with Gasteiger partial charge in [0.05, 0.1) is 19.3 Å². The molecule has 0 aromatic rings. The Morgan fingerprint density at radius 3 is 2.50 bits per heavy atom. The van der Waals surface area contributed by atoms with Gasteiger partial charge in [0.25, 0.3) is 0 Å². The Morgan fingerprint density at radius 1 is 1.42 bits per heavy atom. The summed E-state index contributed by atoms with van der Waals surface area (Å²) in [6.07, 6.45) is 5.90. The summed E-state index contributed by atoms with van der Waals surface area (Å²) in [6.45, 7) is 1.83. The molecule has 0 unspecified atom stereocenters. The van der Waals surface area contributed by atoms with E-state index in [1.54, 1.807) is 0 Å². The number of rotatable bonds is 3. The fraction of sp³-hybridized carbons (Fsp3) is 0.900. The van der Waals surface area contributed by atoms with E-state index in [4.69, 9.17) is 10.00 Å². The molecule has 2 heteroatoms. The van der Waals surface area contributed by atoms with Gasteiger partial charge in [-0.1, -0.05) is 6.42 Å². The summed E-state index contributed by atoms with van der Waals surface area (Å²) in [5.74, 6) is 0.875. The van der Waals surface area contributed by atoms with Crippen molar-refractivity contribution >= 4 is 0 Å². The van der Waals surface area contributed by atoms with Gasteiger partial charge >= 0.3 is 0 Å². The Bertz CT molecular complexity index is 198. The maximum absolute atomic E-state index is 8.53. The Hall–Kier alpha value is -0.550. The van der Waals surface area contributed by atoms with E-state index < -0.39 is 0 Å². The predicted octanol–water partition coefficient (Wildman–Crippen LogP) is 2.11. The van der Waals surface area contributed by atoms with Crippen LogP contribution in [-0.2, 0) is 4.74 Å². The minimum Gasteiger partial charge on any atom is -0.380 e. The van der Waals surface area contributed by atoms with Gasteiger partial charge in [0.2, 0.25) is 0 Å². The van der Waals surface area contributed by atoms with Crippen LogP contribution in [0.5, 0.6) is 0 Å². The molecule has 0 spiro atoms. The highest BCUT2D eigenvalue weighted by atomic mass is 16.5. The lowest BCUT2D eigenvalue weighted by Gasteiger charge is -2.51. The zero-order chi connectivity index (χ0) is 8.44. The summed E-state index contributed by atoms with van der Waals surface area (Å²) >= 11 is 0. The number of ether oxygens (including phenoxy) is 1. The molecule has 12 heavy (non-hydrogen) atoms. The summed E-state index contributed by atoms with van der Waals surface area (Å²) in [7, 11) is 0. The van der Waals surface area contributed by atoms with Crippen LogP contribution in [0, 0.1) is 22.7 Å². The van der Waals surface area contributed by atoms with E-state index >= 15 is 0 Å². The lowest BCUT2D eigenvalue weighted by atomic mass is 9.62. The van der Waals surface area contributed by atoms with Crippen molar-refractivity contribution in [3.63, 3.8) is 0 Å². The number of nitrogens with zero attached hydrogens (tertiary/aromatic N) is 1. The molecule has 1 heterocycles. The monoisotopic (exact) mass is 165 g/mol. The van der Waals surface area contributed by atoms with E-state index in [-0.39, 0.29) is 0 Å². The minimum absolute atomic E-state index is 0.425. The van der Waals surface area contributed by atoms with Crippen molar-refractivity contribution in [3.8, 4) is 6.07 Å². The molecule has 2 aliphatic rings. The normalized spacial score (nSPS) is 26.9. The smallest absolute Gasteiger partial charge is 0.0621 e. The zero-order valence-electron chi connectivity index (χ0n) is 7.38. The molecule has 2 rings (SSSR count). The summed E-state index contributed by atoms with van der Waals surface area (Å²) in [6, 6.07) is 2.24. The van der Waals surface area contributed by atoms with Crippen molar-refractivity contribution in [2.75, 3.05) is 13.2 Å². The van der Waals surface area contributed by atoms with Crippen LogP contribution in [0.25, 0.3) is 0 Å². The molecule has 66 valence electrons. The molecule has 0 aromatic carbocycles. The SMILES string of the molecule is N#CCCC1(C2CCC2)COC1. The van der Waals surface area contributed by atoms with Crippen LogP contribution in [-0.4, -0.2) is 13.2 Å². The Morgan fingerprint density at radius 2 is 2.17 bits per heavy atom. The third kappa shape index (κ3) is 1.13. The second kappa shape index (κ2) is 3.06. The quantitative estimate of drug-likeness (QED) is 0.641. The van der Waals surface area contributed by atoms with E-state index in [1.165, 1.54) is 19.3 Å². The van der Waals surface area contributed by atoms with E-state index in [0.717, 1.165) is 25.6 Å². The molecule has 0 aromatic heterocycles. The van der Waals surface area contributed by atoms with Crippen LogP contribution >= 0.6 is 0 Å². The highest BCUT2D eigenvalue weighted by Crippen LogP contribution is 2.49. The van der Waals surface area contributed by atoms with Gasteiger partial charge in [0, 0.05) is 11.8 Å². The summed E-state index contributed by atoms with van der Waals surface area (Å²) in [5, 5.41) is 8.53. The van der Waals surface area contributed by atoms with E-state index in [2.05, 4.69) is 6.07 Å². The van der Waals surface area contributed by atoms with Crippen LogP contribution < -0.4 is 0 Å². The van der Waals surface area contributed by atoms with Crippen LogP contribution in [0.1, 0.15) is 32.1 Å². The molecule has 1 saturated carbocycles. The molecule has 0 radical (unpaired) electrons. The first-order chi connectivity index (χ1) is 5.87. The lowest BCUT2D eigenvalue weighted by molar-refractivity contribution is -0.165. The molecule has 1 aliphatic carbocycles. The summed E-state index contributed by atoms with van der Waals surface area (Å²) in [5.41, 5.74) is 0.425. The fourth-order valence-electron chi connectivity index (χ4n) is 2.27. The van der Waals surface area contributed by atoms with Gasteiger partial charge in [-0.2, -0.15) is 5.26 Å². The predicted molar refractivity (Wildman–Crippen MR) is 45.4 cm³/mol. The molecular weight excluding hydrogens is 150 g/mol. The molecule has 1 saturated heterocycles. The lowest BCUT2D eigenvalue weighted by Crippen LogP contribution is -2.50. The number of hydrogen-bond acceptors (Lipinski definition) is 2. The van der Waals surface area contributed by atoms with Crippen LogP contribution in [0.15, 0.2) is 0 Å². The molecule has 2 nitrogen and oxygen atoms in total. The first-order valence-corrected chi connectivity index (χ1v) is 4.82. The van der Waals surface area contributed by atoms with Crippen molar-refractivity contribution < 1.29 is 4.74 Å². The van der Waals surface area contributed by atoms with Crippen LogP contribution in [0.4, 0.5) is 0 Å². The van der Waals surface area contributed by atoms with Crippen LogP contribution in [0.3, 0.4) is 0 Å². The van der Waals surface area contributed by atoms with Crippen molar-refractivity contribution in [3.05, 3.63) is 0 Å². The maximum atomic E-state index is 8.53. The highest BCUT2D eigenvalue weighted by Gasteiger charge is 2.46. The standard InChI is InChI=1S/C10H15NO/c11-6-2-5-10(7-12-8-10)9-3-1-4-9/h9H,1-5,7-8H2. The second-order valence-corrected chi connectivity index (χ2v) is 4.14. The molecule has 0 amide bonds. The Kier molecular flexibility index (Phi) is 2.06. The van der Waals surface area contributed by atoms with Crippen molar-refractivity contribution in [1.29, 1.82) is 5.26 Å². The van der Waals surface area contributed by atoms with Gasteiger partial charge in [-0.15, -0.1) is 0 Å². The Labute approximate surface area is 73.5 Å². The van der Waals surface area contributed by atoms with Crippen molar-refractivity contribution in [1.82, 2.24) is 0 Å². The zero-order valence-corrected chi connectivity index (χ0v) is 7.38. The molecule has 0 atom stereocenters. The number of nitriles is 1. The molecular formula is C10H15NO. The van der Waals surface area contributed by atoms with E-state index in [0.29, 0.717) is 11.8 Å².